The first-order chi connectivity index (χ1) is 4.23. The predicted molar refractivity (Wildman–Crippen MR) is 35.6 cm³/mol. The van der Waals surface area contributed by atoms with Gasteiger partial charge in [0.25, 0.3) is 8.25 Å². The molecule has 11 heavy (non-hydrogen) atoms. The van der Waals surface area contributed by atoms with Gasteiger partial charge in [-0.05, 0) is 6.07 Å². The SMILES string of the molecule is O.O=[P+]([O-])[O-].[Mg+2].c1cn[nH]c1. The zero-order chi connectivity index (χ0) is 7.11. The van der Waals surface area contributed by atoms with Crippen LogP contribution < -0.4 is 9.79 Å². The summed E-state index contributed by atoms with van der Waals surface area (Å²) in [7, 11) is -3.37. The molecule has 58 valence electrons. The van der Waals surface area contributed by atoms with Gasteiger partial charge in [-0.15, -0.1) is 0 Å². The molecule has 1 heterocycles. The molecular weight excluding hydrogens is 183 g/mol. The van der Waals surface area contributed by atoms with Crippen molar-refractivity contribution in [3.8, 4) is 0 Å². The maximum atomic E-state index is 8.48. The molecule has 0 aromatic carbocycles. The second-order valence-electron chi connectivity index (χ2n) is 0.990. The number of nitrogens with zero attached hydrogens (tertiary/aromatic N) is 1. The molecule has 0 amide bonds. The quantitative estimate of drug-likeness (QED) is 0.360. The smallest absolute Gasteiger partial charge is 0.598 e. The standard InChI is InChI=1S/C3H4N2.Mg.HO3P.H2O/c1-2-4-5-3-1;;1-4(2)3;/h1-3H,(H,4,5);;(H,1,2,3);1H2/q;+2;;/p-1. The Balaban J connectivity index is -0.000000101. The largest absolute Gasteiger partial charge is 2.00 e. The van der Waals surface area contributed by atoms with Crippen molar-refractivity contribution in [1.29, 1.82) is 0 Å². The topological polar surface area (TPSA) is 123 Å². The molecule has 0 saturated heterocycles. The van der Waals surface area contributed by atoms with E-state index in [0.29, 0.717) is 0 Å². The molecule has 0 bridgehead atoms. The first-order valence-corrected chi connectivity index (χ1v) is 3.08. The van der Waals surface area contributed by atoms with E-state index in [9.17, 15) is 0 Å². The van der Waals surface area contributed by atoms with Gasteiger partial charge in [0.05, 0.1) is 0 Å². The van der Waals surface area contributed by atoms with Crippen LogP contribution in [0.1, 0.15) is 0 Å². The fourth-order valence-corrected chi connectivity index (χ4v) is 0.215. The van der Waals surface area contributed by atoms with E-state index in [-0.39, 0.29) is 28.5 Å². The van der Waals surface area contributed by atoms with Crippen molar-refractivity contribution < 1.29 is 19.8 Å². The zero-order valence-corrected chi connectivity index (χ0v) is 7.87. The van der Waals surface area contributed by atoms with Gasteiger partial charge in [0.1, 0.15) is 0 Å². The minimum Gasteiger partial charge on any atom is -0.598 e. The Hall–Kier alpha value is -0.0438. The van der Waals surface area contributed by atoms with Gasteiger partial charge >= 0.3 is 23.1 Å². The van der Waals surface area contributed by atoms with Crippen LogP contribution in [0.25, 0.3) is 0 Å². The molecule has 0 aliphatic rings. The summed E-state index contributed by atoms with van der Waals surface area (Å²) in [5.41, 5.74) is 0. The Morgan fingerprint density at radius 2 is 1.91 bits per heavy atom. The minimum atomic E-state index is -3.37. The summed E-state index contributed by atoms with van der Waals surface area (Å²) in [6.07, 6.45) is 3.46. The van der Waals surface area contributed by atoms with Gasteiger partial charge in [-0.3, -0.25) is 5.10 Å². The summed E-state index contributed by atoms with van der Waals surface area (Å²) in [6, 6.07) is 1.83. The molecule has 0 unspecified atom stereocenters. The van der Waals surface area contributed by atoms with E-state index in [0.717, 1.165) is 0 Å². The first kappa shape index (κ1) is 17.2. The number of rotatable bonds is 0. The first-order valence-electron chi connectivity index (χ1n) is 1.98. The Morgan fingerprint density at radius 3 is 2.00 bits per heavy atom. The van der Waals surface area contributed by atoms with E-state index >= 15 is 0 Å². The van der Waals surface area contributed by atoms with Gasteiger partial charge in [0.15, 0.2) is 0 Å². The maximum absolute atomic E-state index is 8.48. The number of aromatic amines is 1. The van der Waals surface area contributed by atoms with Crippen LogP contribution in [0.5, 0.6) is 0 Å². The van der Waals surface area contributed by atoms with E-state index in [1.165, 1.54) is 0 Å². The molecule has 0 saturated carbocycles. The molecule has 0 atom stereocenters. The van der Waals surface area contributed by atoms with Crippen LogP contribution in [0.2, 0.25) is 0 Å². The summed E-state index contributed by atoms with van der Waals surface area (Å²) in [6.45, 7) is 0. The molecule has 0 spiro atoms. The van der Waals surface area contributed by atoms with Crippen LogP contribution in [0.15, 0.2) is 18.5 Å². The van der Waals surface area contributed by atoms with Crippen molar-refractivity contribution in [2.45, 2.75) is 0 Å². The summed E-state index contributed by atoms with van der Waals surface area (Å²) < 4.78 is 8.48. The van der Waals surface area contributed by atoms with Crippen LogP contribution in [0, 0.1) is 0 Å². The molecular formula is C3H6MgN2O4P+. The third-order valence-corrected chi connectivity index (χ3v) is 0.406. The number of hydrogen-bond donors (Lipinski definition) is 1. The molecule has 1 aromatic rings. The fraction of sp³-hybridized carbons (Fsp3) is 0. The van der Waals surface area contributed by atoms with Gasteiger partial charge < -0.3 is 15.3 Å². The Kier molecular flexibility index (Phi) is 19.7. The van der Waals surface area contributed by atoms with Gasteiger partial charge in [-0.2, -0.15) is 5.10 Å². The van der Waals surface area contributed by atoms with Crippen molar-refractivity contribution in [3.63, 3.8) is 0 Å². The van der Waals surface area contributed by atoms with Crippen LogP contribution >= 0.6 is 8.25 Å². The monoisotopic (exact) mass is 189 g/mol. The summed E-state index contributed by atoms with van der Waals surface area (Å²) >= 11 is 0. The average molecular weight is 189 g/mol. The molecule has 3 N–H and O–H groups in total. The van der Waals surface area contributed by atoms with Crippen LogP contribution in [0.4, 0.5) is 0 Å². The van der Waals surface area contributed by atoms with Crippen LogP contribution in [0.3, 0.4) is 0 Å². The van der Waals surface area contributed by atoms with Crippen molar-refractivity contribution in [2.24, 2.45) is 0 Å². The van der Waals surface area contributed by atoms with Crippen molar-refractivity contribution in [1.82, 2.24) is 10.2 Å². The number of H-pyrrole nitrogens is 1. The van der Waals surface area contributed by atoms with Crippen molar-refractivity contribution >= 4 is 31.3 Å². The van der Waals surface area contributed by atoms with E-state index in [2.05, 4.69) is 10.2 Å². The molecule has 1 rings (SSSR count). The molecule has 0 aliphatic heterocycles. The van der Waals surface area contributed by atoms with E-state index < -0.39 is 8.25 Å². The zero-order valence-electron chi connectivity index (χ0n) is 5.56. The van der Waals surface area contributed by atoms with E-state index in [1.807, 2.05) is 6.07 Å². The van der Waals surface area contributed by atoms with E-state index in [4.69, 9.17) is 14.4 Å². The van der Waals surface area contributed by atoms with Gasteiger partial charge in [0.2, 0.25) is 0 Å². The van der Waals surface area contributed by atoms with Crippen LogP contribution in [-0.2, 0) is 4.57 Å². The van der Waals surface area contributed by atoms with E-state index in [1.54, 1.807) is 12.4 Å². The summed E-state index contributed by atoms with van der Waals surface area (Å²) in [4.78, 5) is 17.0. The van der Waals surface area contributed by atoms with Gasteiger partial charge in [-0.25, -0.2) is 0 Å². The van der Waals surface area contributed by atoms with Gasteiger partial charge in [-0.1, -0.05) is 4.57 Å². The molecule has 1 aromatic heterocycles. The molecule has 6 nitrogen and oxygen atoms in total. The second-order valence-corrected chi connectivity index (χ2v) is 1.44. The number of nitrogens with one attached hydrogen (secondary N) is 1. The Bertz CT molecular complexity index is 137. The normalized spacial score (nSPS) is 6.00. The molecule has 0 fully saturated rings. The van der Waals surface area contributed by atoms with Crippen molar-refractivity contribution in [2.75, 3.05) is 0 Å². The van der Waals surface area contributed by atoms with Crippen molar-refractivity contribution in [3.05, 3.63) is 18.5 Å². The third kappa shape index (κ3) is 25.7. The predicted octanol–water partition coefficient (Wildman–Crippen LogP) is -2.43. The summed E-state index contributed by atoms with van der Waals surface area (Å²) in [5, 5.41) is 6.21. The van der Waals surface area contributed by atoms with Crippen LogP contribution in [-0.4, -0.2) is 38.7 Å². The molecule has 0 aliphatic carbocycles. The average Bonchev–Trinajstić information content (AvgIpc) is 2.11. The van der Waals surface area contributed by atoms with Gasteiger partial charge in [0, 0.05) is 12.4 Å². The molecule has 8 heteroatoms. The third-order valence-electron chi connectivity index (χ3n) is 0.406. The Morgan fingerprint density at radius 1 is 1.45 bits per heavy atom. The maximum Gasteiger partial charge on any atom is 2.00 e. The Labute approximate surface area is 80.1 Å². The fourth-order valence-electron chi connectivity index (χ4n) is 0.215. The minimum absolute atomic E-state index is 0. The number of hydrogen-bond acceptors (Lipinski definition) is 4. The molecule has 0 radical (unpaired) electrons. The second kappa shape index (κ2) is 12.6. The summed E-state index contributed by atoms with van der Waals surface area (Å²) in [5.74, 6) is 0. The number of aromatic nitrogens is 2.